The highest BCUT2D eigenvalue weighted by Gasteiger charge is 2.63. The summed E-state index contributed by atoms with van der Waals surface area (Å²) in [5, 5.41) is 0. The Morgan fingerprint density at radius 2 is 1.88 bits per heavy atom. The first kappa shape index (κ1) is 18.3. The molecule has 0 aromatic heterocycles. The first-order chi connectivity index (χ1) is 11.8. The van der Waals surface area contributed by atoms with Gasteiger partial charge in [0, 0.05) is 12.0 Å². The lowest BCUT2D eigenvalue weighted by molar-refractivity contribution is -0.125. The molecular weight excluding hydrogens is 310 g/mol. The van der Waals surface area contributed by atoms with Crippen LogP contribution in [0.2, 0.25) is 0 Å². The van der Waals surface area contributed by atoms with Crippen LogP contribution in [0.3, 0.4) is 0 Å². The number of ether oxygens (including phenoxy) is 1. The summed E-state index contributed by atoms with van der Waals surface area (Å²) in [7, 11) is 4.09. The summed E-state index contributed by atoms with van der Waals surface area (Å²) in [4.78, 5) is 15.0. The zero-order valence-electron chi connectivity index (χ0n) is 16.3. The fourth-order valence-electron chi connectivity index (χ4n) is 4.42. The molecule has 0 radical (unpaired) electrons. The third kappa shape index (κ3) is 3.20. The number of likely N-dealkylation sites (N-methyl/N-ethyl adjacent to an activating group) is 1. The van der Waals surface area contributed by atoms with Crippen LogP contribution in [-0.4, -0.2) is 37.9 Å². The van der Waals surface area contributed by atoms with E-state index in [-0.39, 0.29) is 10.8 Å². The van der Waals surface area contributed by atoms with Gasteiger partial charge >= 0.3 is 0 Å². The number of Topliss-reactive ketones (excluding diaryl/α,β-unsaturated/α-hetero) is 1. The van der Waals surface area contributed by atoms with Gasteiger partial charge in [0.25, 0.3) is 0 Å². The maximum atomic E-state index is 12.9. The molecule has 1 aromatic rings. The maximum absolute atomic E-state index is 12.9. The van der Waals surface area contributed by atoms with E-state index in [2.05, 4.69) is 56.0 Å². The number of rotatable bonds is 6. The van der Waals surface area contributed by atoms with Crippen molar-refractivity contribution in [3.8, 4) is 0 Å². The molecule has 136 valence electrons. The van der Waals surface area contributed by atoms with E-state index in [1.54, 1.807) is 0 Å². The first-order valence-corrected chi connectivity index (χ1v) is 9.33. The second-order valence-electron chi connectivity index (χ2n) is 8.67. The van der Waals surface area contributed by atoms with E-state index in [1.807, 2.05) is 14.1 Å². The number of hydrogen-bond donors (Lipinski definition) is 0. The molecule has 2 aliphatic rings. The maximum Gasteiger partial charge on any atom is 0.165 e. The zero-order valence-corrected chi connectivity index (χ0v) is 16.3. The van der Waals surface area contributed by atoms with Gasteiger partial charge in [-0.15, -0.1) is 0 Å². The zero-order chi connectivity index (χ0) is 18.2. The van der Waals surface area contributed by atoms with Crippen LogP contribution in [0.1, 0.15) is 44.7 Å². The van der Waals surface area contributed by atoms with E-state index in [0.717, 1.165) is 37.1 Å². The van der Waals surface area contributed by atoms with Gasteiger partial charge in [-0.25, -0.2) is 0 Å². The van der Waals surface area contributed by atoms with Crippen molar-refractivity contribution in [2.45, 2.75) is 40.2 Å². The summed E-state index contributed by atoms with van der Waals surface area (Å²) >= 11 is 0. The molecule has 1 aromatic carbocycles. The molecular formula is C22H31NO2. The van der Waals surface area contributed by atoms with Crippen LogP contribution in [0.15, 0.2) is 29.8 Å². The largest absolute Gasteiger partial charge is 0.375 e. The fourth-order valence-corrected chi connectivity index (χ4v) is 4.42. The first-order valence-electron chi connectivity index (χ1n) is 9.33. The van der Waals surface area contributed by atoms with Crippen molar-refractivity contribution in [1.29, 1.82) is 0 Å². The second-order valence-corrected chi connectivity index (χ2v) is 8.67. The van der Waals surface area contributed by atoms with Gasteiger partial charge in [-0.1, -0.05) is 45.0 Å². The van der Waals surface area contributed by atoms with Crippen LogP contribution in [0, 0.1) is 16.7 Å². The van der Waals surface area contributed by atoms with Crippen molar-refractivity contribution in [3.05, 3.63) is 41.0 Å². The van der Waals surface area contributed by atoms with Crippen LogP contribution >= 0.6 is 0 Å². The number of carbonyl (C=O) groups is 1. The Hall–Kier alpha value is -1.45. The molecule has 2 saturated carbocycles. The molecule has 2 atom stereocenters. The van der Waals surface area contributed by atoms with E-state index in [4.69, 9.17) is 4.74 Å². The minimum absolute atomic E-state index is 0.0795. The molecule has 3 heteroatoms. The second kappa shape index (κ2) is 6.69. The molecule has 0 saturated heterocycles. The van der Waals surface area contributed by atoms with Gasteiger partial charge in [0.1, 0.15) is 0 Å². The van der Waals surface area contributed by atoms with Crippen LogP contribution in [0.5, 0.6) is 0 Å². The van der Waals surface area contributed by atoms with Gasteiger partial charge in [-0.2, -0.15) is 0 Å². The molecule has 0 heterocycles. The molecule has 3 nitrogen and oxygen atoms in total. The van der Waals surface area contributed by atoms with Gasteiger partial charge in [0.15, 0.2) is 5.78 Å². The molecule has 25 heavy (non-hydrogen) atoms. The van der Waals surface area contributed by atoms with Crippen molar-refractivity contribution in [2.75, 3.05) is 27.2 Å². The molecule has 0 aliphatic heterocycles. The lowest BCUT2D eigenvalue weighted by atomic mass is 9.70. The van der Waals surface area contributed by atoms with Gasteiger partial charge in [-0.05, 0) is 61.0 Å². The topological polar surface area (TPSA) is 29.5 Å². The van der Waals surface area contributed by atoms with Crippen LogP contribution in [0.25, 0.3) is 6.08 Å². The Kier molecular flexibility index (Phi) is 4.91. The Morgan fingerprint density at radius 1 is 1.20 bits per heavy atom. The fraction of sp³-hybridized carbons (Fsp3) is 0.591. The van der Waals surface area contributed by atoms with Gasteiger partial charge in [0.05, 0.1) is 13.2 Å². The smallest absolute Gasteiger partial charge is 0.165 e. The number of allylic oxidation sites excluding steroid dienone is 1. The average Bonchev–Trinajstić information content (AvgIpc) is 2.87. The minimum Gasteiger partial charge on any atom is -0.375 e. The highest BCUT2D eigenvalue weighted by Crippen LogP contribution is 2.65. The summed E-state index contributed by atoms with van der Waals surface area (Å²) in [6.45, 7) is 8.99. The molecule has 2 aliphatic carbocycles. The number of benzene rings is 1. The predicted molar refractivity (Wildman–Crippen MR) is 102 cm³/mol. The number of hydrogen-bond acceptors (Lipinski definition) is 3. The molecule has 2 unspecified atom stereocenters. The molecule has 2 fully saturated rings. The SMILES string of the molecule is CN(C)CCOCc1ccc(C=C2C(=O)C3(C)CCC2C3(C)C)cc1. The number of nitrogens with zero attached hydrogens (tertiary/aromatic N) is 1. The number of fused-ring (bicyclic) bond motifs is 2. The lowest BCUT2D eigenvalue weighted by Gasteiger charge is -2.31. The van der Waals surface area contributed by atoms with Crippen LogP contribution < -0.4 is 0 Å². The van der Waals surface area contributed by atoms with Crippen molar-refractivity contribution < 1.29 is 9.53 Å². The third-order valence-electron chi connectivity index (χ3n) is 6.62. The third-order valence-corrected chi connectivity index (χ3v) is 6.62. The number of ketones is 1. The Balaban J connectivity index is 1.68. The molecule has 0 N–H and O–H groups in total. The van der Waals surface area contributed by atoms with E-state index in [1.165, 1.54) is 5.56 Å². The quantitative estimate of drug-likeness (QED) is 0.574. The summed E-state index contributed by atoms with van der Waals surface area (Å²) < 4.78 is 5.69. The van der Waals surface area contributed by atoms with Gasteiger partial charge in [-0.3, -0.25) is 4.79 Å². The average molecular weight is 341 g/mol. The summed E-state index contributed by atoms with van der Waals surface area (Å²) in [6.07, 6.45) is 4.29. The van der Waals surface area contributed by atoms with Crippen LogP contribution in [0.4, 0.5) is 0 Å². The van der Waals surface area contributed by atoms with E-state index >= 15 is 0 Å². The standard InChI is InChI=1S/C22H31NO2/c1-21(2)19-10-11-22(21,3)20(24)18(19)14-16-6-8-17(9-7-16)15-25-13-12-23(4)5/h6-9,14,19H,10-13,15H2,1-5H3. The van der Waals surface area contributed by atoms with E-state index in [9.17, 15) is 4.79 Å². The van der Waals surface area contributed by atoms with Crippen molar-refractivity contribution in [1.82, 2.24) is 4.90 Å². The molecule has 0 spiro atoms. The number of carbonyl (C=O) groups excluding carboxylic acids is 1. The van der Waals surface area contributed by atoms with E-state index in [0.29, 0.717) is 18.3 Å². The minimum atomic E-state index is -0.177. The Morgan fingerprint density at radius 3 is 2.44 bits per heavy atom. The van der Waals surface area contributed by atoms with Gasteiger partial charge in [0.2, 0.25) is 0 Å². The van der Waals surface area contributed by atoms with Crippen molar-refractivity contribution in [3.63, 3.8) is 0 Å². The summed E-state index contributed by atoms with van der Waals surface area (Å²) in [5.41, 5.74) is 3.23. The Labute approximate surface area is 152 Å². The highest BCUT2D eigenvalue weighted by molar-refractivity contribution is 6.07. The lowest BCUT2D eigenvalue weighted by Crippen LogP contribution is -2.32. The molecule has 0 amide bonds. The Bertz CT molecular complexity index is 672. The van der Waals surface area contributed by atoms with E-state index < -0.39 is 0 Å². The van der Waals surface area contributed by atoms with Crippen LogP contribution in [-0.2, 0) is 16.1 Å². The predicted octanol–water partition coefficient (Wildman–Crippen LogP) is 4.17. The summed E-state index contributed by atoms with van der Waals surface area (Å²) in [6, 6.07) is 8.41. The normalized spacial score (nSPS) is 29.1. The summed E-state index contributed by atoms with van der Waals surface area (Å²) in [5.74, 6) is 0.767. The molecule has 3 rings (SSSR count). The van der Waals surface area contributed by atoms with Crippen molar-refractivity contribution in [2.24, 2.45) is 16.7 Å². The monoisotopic (exact) mass is 341 g/mol. The highest BCUT2D eigenvalue weighted by atomic mass is 16.5. The molecule has 2 bridgehead atoms. The van der Waals surface area contributed by atoms with Gasteiger partial charge < -0.3 is 9.64 Å². The van der Waals surface area contributed by atoms with Crippen molar-refractivity contribution >= 4 is 11.9 Å².